The summed E-state index contributed by atoms with van der Waals surface area (Å²) in [6.45, 7) is 0.657. The second-order valence-electron chi connectivity index (χ2n) is 4.12. The van der Waals surface area contributed by atoms with Crippen molar-refractivity contribution in [2.24, 2.45) is 0 Å². The Morgan fingerprint density at radius 2 is 1.83 bits per heavy atom. The van der Waals surface area contributed by atoms with Gasteiger partial charge in [-0.25, -0.2) is 13.6 Å². The van der Waals surface area contributed by atoms with E-state index >= 15 is 0 Å². The number of urea groups is 1. The summed E-state index contributed by atoms with van der Waals surface area (Å²) in [4.78, 5) is 23.8. The van der Waals surface area contributed by atoms with Gasteiger partial charge in [-0.2, -0.15) is 0 Å². The van der Waals surface area contributed by atoms with E-state index in [1.807, 2.05) is 0 Å². The standard InChI is InChI=1S/C12H12F2N2O2/c13-9-5-8(6-10(14)7-9)1-3-16-4-2-11(17)15-12(16)18/h5-7H,1-4H2,(H,15,17,18). The van der Waals surface area contributed by atoms with E-state index in [0.717, 1.165) is 6.07 Å². The summed E-state index contributed by atoms with van der Waals surface area (Å²) in [7, 11) is 0. The van der Waals surface area contributed by atoms with Gasteiger partial charge < -0.3 is 4.90 Å². The van der Waals surface area contributed by atoms with Crippen molar-refractivity contribution in [3.8, 4) is 0 Å². The first-order chi connectivity index (χ1) is 8.54. The van der Waals surface area contributed by atoms with E-state index in [0.29, 0.717) is 25.1 Å². The maximum atomic E-state index is 12.9. The van der Waals surface area contributed by atoms with Gasteiger partial charge in [0.15, 0.2) is 0 Å². The number of carbonyl (C=O) groups excluding carboxylic acids is 2. The maximum Gasteiger partial charge on any atom is 0.324 e. The van der Waals surface area contributed by atoms with Gasteiger partial charge in [0.05, 0.1) is 0 Å². The average molecular weight is 254 g/mol. The van der Waals surface area contributed by atoms with Gasteiger partial charge in [-0.3, -0.25) is 10.1 Å². The number of nitrogens with one attached hydrogen (secondary N) is 1. The Labute approximate surface area is 103 Å². The summed E-state index contributed by atoms with van der Waals surface area (Å²) >= 11 is 0. The number of carbonyl (C=O) groups is 2. The summed E-state index contributed by atoms with van der Waals surface area (Å²) in [6, 6.07) is 2.81. The number of nitrogens with zero attached hydrogens (tertiary/aromatic N) is 1. The number of rotatable bonds is 3. The van der Waals surface area contributed by atoms with Gasteiger partial charge in [0.2, 0.25) is 5.91 Å². The van der Waals surface area contributed by atoms with Crippen molar-refractivity contribution in [1.82, 2.24) is 10.2 Å². The molecule has 1 aromatic carbocycles. The molecule has 1 aliphatic heterocycles. The minimum Gasteiger partial charge on any atom is -0.324 e. The van der Waals surface area contributed by atoms with Gasteiger partial charge in [-0.1, -0.05) is 0 Å². The molecule has 1 aromatic rings. The van der Waals surface area contributed by atoms with Gasteiger partial charge >= 0.3 is 6.03 Å². The molecule has 2 rings (SSSR count). The minimum atomic E-state index is -0.636. The zero-order chi connectivity index (χ0) is 13.1. The van der Waals surface area contributed by atoms with Crippen molar-refractivity contribution in [2.75, 3.05) is 13.1 Å². The molecule has 1 heterocycles. The molecule has 4 nitrogen and oxygen atoms in total. The number of hydrogen-bond acceptors (Lipinski definition) is 2. The van der Waals surface area contributed by atoms with Crippen LogP contribution in [0.1, 0.15) is 12.0 Å². The van der Waals surface area contributed by atoms with E-state index in [9.17, 15) is 18.4 Å². The molecule has 1 N–H and O–H groups in total. The predicted octanol–water partition coefficient (Wildman–Crippen LogP) is 1.45. The van der Waals surface area contributed by atoms with E-state index < -0.39 is 17.7 Å². The van der Waals surface area contributed by atoms with Gasteiger partial charge in [0, 0.05) is 25.6 Å². The Balaban J connectivity index is 1.95. The van der Waals surface area contributed by atoms with Crippen LogP contribution in [0.4, 0.5) is 13.6 Å². The Kier molecular flexibility index (Phi) is 3.55. The van der Waals surface area contributed by atoms with Gasteiger partial charge in [-0.05, 0) is 24.1 Å². The van der Waals surface area contributed by atoms with E-state index in [2.05, 4.69) is 5.32 Å². The fraction of sp³-hybridized carbons (Fsp3) is 0.333. The molecule has 0 aliphatic carbocycles. The highest BCUT2D eigenvalue weighted by atomic mass is 19.1. The molecular formula is C12H12F2N2O2. The fourth-order valence-corrected chi connectivity index (χ4v) is 1.83. The smallest absolute Gasteiger partial charge is 0.324 e. The van der Waals surface area contributed by atoms with Gasteiger partial charge in [-0.15, -0.1) is 0 Å². The molecule has 0 bridgehead atoms. The first-order valence-corrected chi connectivity index (χ1v) is 5.58. The Morgan fingerprint density at radius 3 is 2.44 bits per heavy atom. The Morgan fingerprint density at radius 1 is 1.17 bits per heavy atom. The molecule has 0 spiro atoms. The number of hydrogen-bond donors (Lipinski definition) is 1. The summed E-state index contributed by atoms with van der Waals surface area (Å²) < 4.78 is 25.9. The lowest BCUT2D eigenvalue weighted by Crippen LogP contribution is -2.49. The highest BCUT2D eigenvalue weighted by Crippen LogP contribution is 2.10. The molecule has 0 atom stereocenters. The third-order valence-electron chi connectivity index (χ3n) is 2.74. The van der Waals surface area contributed by atoms with Crippen LogP contribution in [0.25, 0.3) is 0 Å². The third-order valence-corrected chi connectivity index (χ3v) is 2.74. The summed E-state index contributed by atoms with van der Waals surface area (Å²) in [5.74, 6) is -1.57. The van der Waals surface area contributed by atoms with Crippen LogP contribution in [0.15, 0.2) is 18.2 Å². The summed E-state index contributed by atoms with van der Waals surface area (Å²) in [5, 5.41) is 2.19. The van der Waals surface area contributed by atoms with Crippen molar-refractivity contribution < 1.29 is 18.4 Å². The average Bonchev–Trinajstić information content (AvgIpc) is 2.26. The Hall–Kier alpha value is -1.98. The zero-order valence-electron chi connectivity index (χ0n) is 9.58. The Bertz CT molecular complexity index is 471. The van der Waals surface area contributed by atoms with E-state index in [4.69, 9.17) is 0 Å². The molecule has 0 saturated carbocycles. The molecule has 96 valence electrons. The maximum absolute atomic E-state index is 12.9. The molecular weight excluding hydrogens is 242 g/mol. The number of benzene rings is 1. The molecule has 18 heavy (non-hydrogen) atoms. The van der Waals surface area contributed by atoms with Crippen LogP contribution in [-0.2, 0) is 11.2 Å². The molecule has 0 aromatic heterocycles. The molecule has 1 saturated heterocycles. The number of halogens is 2. The highest BCUT2D eigenvalue weighted by Gasteiger charge is 2.22. The number of imide groups is 1. The molecule has 0 radical (unpaired) electrons. The highest BCUT2D eigenvalue weighted by molar-refractivity contribution is 5.96. The topological polar surface area (TPSA) is 49.4 Å². The van der Waals surface area contributed by atoms with Crippen LogP contribution in [0, 0.1) is 11.6 Å². The van der Waals surface area contributed by atoms with Gasteiger partial charge in [0.1, 0.15) is 11.6 Å². The quantitative estimate of drug-likeness (QED) is 0.887. The summed E-state index contributed by atoms with van der Waals surface area (Å²) in [6.07, 6.45) is 0.597. The molecule has 3 amide bonds. The van der Waals surface area contributed by atoms with Crippen LogP contribution in [-0.4, -0.2) is 29.9 Å². The predicted molar refractivity (Wildman–Crippen MR) is 59.8 cm³/mol. The van der Waals surface area contributed by atoms with Crippen molar-refractivity contribution in [3.63, 3.8) is 0 Å². The van der Waals surface area contributed by atoms with Crippen LogP contribution in [0.2, 0.25) is 0 Å². The van der Waals surface area contributed by atoms with Crippen molar-refractivity contribution in [3.05, 3.63) is 35.4 Å². The van der Waals surface area contributed by atoms with Crippen molar-refractivity contribution in [1.29, 1.82) is 0 Å². The molecule has 1 aliphatic rings. The lowest BCUT2D eigenvalue weighted by atomic mass is 10.1. The van der Waals surface area contributed by atoms with Crippen LogP contribution in [0.5, 0.6) is 0 Å². The second kappa shape index (κ2) is 5.12. The van der Waals surface area contributed by atoms with Gasteiger partial charge in [0.25, 0.3) is 0 Å². The van der Waals surface area contributed by atoms with Crippen molar-refractivity contribution in [2.45, 2.75) is 12.8 Å². The van der Waals surface area contributed by atoms with Crippen molar-refractivity contribution >= 4 is 11.9 Å². The second-order valence-corrected chi connectivity index (χ2v) is 4.12. The largest absolute Gasteiger partial charge is 0.324 e. The summed E-state index contributed by atoms with van der Waals surface area (Å²) in [5.41, 5.74) is 0.484. The van der Waals surface area contributed by atoms with Crippen LogP contribution < -0.4 is 5.32 Å². The number of amides is 3. The van der Waals surface area contributed by atoms with Crippen LogP contribution >= 0.6 is 0 Å². The molecule has 1 fully saturated rings. The SMILES string of the molecule is O=C1CCN(CCc2cc(F)cc(F)c2)C(=O)N1. The normalized spacial score (nSPS) is 15.8. The lowest BCUT2D eigenvalue weighted by Gasteiger charge is -2.26. The minimum absolute atomic E-state index is 0.253. The van der Waals surface area contributed by atoms with E-state index in [1.165, 1.54) is 17.0 Å². The fourth-order valence-electron chi connectivity index (χ4n) is 1.83. The third kappa shape index (κ3) is 3.03. The molecule has 6 heteroatoms. The molecule has 0 unspecified atom stereocenters. The lowest BCUT2D eigenvalue weighted by molar-refractivity contribution is -0.121. The van der Waals surface area contributed by atoms with E-state index in [-0.39, 0.29) is 12.3 Å². The van der Waals surface area contributed by atoms with Crippen LogP contribution in [0.3, 0.4) is 0 Å². The first kappa shape index (κ1) is 12.5. The van der Waals surface area contributed by atoms with E-state index in [1.54, 1.807) is 0 Å². The monoisotopic (exact) mass is 254 g/mol. The first-order valence-electron chi connectivity index (χ1n) is 5.58. The zero-order valence-corrected chi connectivity index (χ0v) is 9.58.